The summed E-state index contributed by atoms with van der Waals surface area (Å²) in [7, 11) is 2.08. The van der Waals surface area contributed by atoms with Crippen LogP contribution in [0.3, 0.4) is 0 Å². The van der Waals surface area contributed by atoms with Crippen LogP contribution >= 0.6 is 0 Å². The SMILES string of the molecule is CN1CCC(NC(=O)Nc2nc3ccc(-c4cc(Cc5n[nH]c(=O)c6ccccc56)ccc4F)cc3[nH]2)CC1. The maximum Gasteiger partial charge on any atom is 0.321 e. The first-order chi connectivity index (χ1) is 18.9. The smallest absolute Gasteiger partial charge is 0.321 e. The molecular formula is C29H28FN7O2. The predicted molar refractivity (Wildman–Crippen MR) is 149 cm³/mol. The Morgan fingerprint density at radius 3 is 2.69 bits per heavy atom. The van der Waals surface area contributed by atoms with E-state index in [1.54, 1.807) is 30.3 Å². The number of rotatable bonds is 5. The van der Waals surface area contributed by atoms with Crippen LogP contribution in [-0.4, -0.2) is 57.3 Å². The van der Waals surface area contributed by atoms with E-state index in [0.717, 1.165) is 36.9 Å². The number of fused-ring (bicyclic) bond motifs is 2. The zero-order valence-electron chi connectivity index (χ0n) is 21.4. The molecule has 198 valence electrons. The number of halogens is 1. The summed E-state index contributed by atoms with van der Waals surface area (Å²) in [5.74, 6) is -0.0226. The van der Waals surface area contributed by atoms with Crippen molar-refractivity contribution in [1.82, 2.24) is 30.4 Å². The van der Waals surface area contributed by atoms with Crippen LogP contribution < -0.4 is 16.2 Å². The van der Waals surface area contributed by atoms with Crippen molar-refractivity contribution in [3.05, 3.63) is 88.1 Å². The number of nitrogens with one attached hydrogen (secondary N) is 4. The minimum atomic E-state index is -0.354. The van der Waals surface area contributed by atoms with Crippen LogP contribution in [0.15, 0.2) is 65.5 Å². The lowest BCUT2D eigenvalue weighted by Crippen LogP contribution is -2.44. The Morgan fingerprint density at radius 1 is 1.08 bits per heavy atom. The maximum absolute atomic E-state index is 15.0. The molecule has 3 aromatic carbocycles. The molecule has 6 rings (SSSR count). The Balaban J connectivity index is 1.22. The average Bonchev–Trinajstić information content (AvgIpc) is 3.34. The number of urea groups is 1. The molecule has 0 spiro atoms. The van der Waals surface area contributed by atoms with E-state index in [1.165, 1.54) is 6.07 Å². The van der Waals surface area contributed by atoms with Crippen LogP contribution in [0.4, 0.5) is 15.1 Å². The van der Waals surface area contributed by atoms with Gasteiger partial charge in [-0.05, 0) is 74.4 Å². The average molecular weight is 526 g/mol. The van der Waals surface area contributed by atoms with Gasteiger partial charge in [-0.1, -0.05) is 30.3 Å². The van der Waals surface area contributed by atoms with E-state index in [9.17, 15) is 14.0 Å². The molecular weight excluding hydrogens is 497 g/mol. The van der Waals surface area contributed by atoms with E-state index >= 15 is 0 Å². The monoisotopic (exact) mass is 525 g/mol. The molecule has 0 bridgehead atoms. The van der Waals surface area contributed by atoms with Crippen molar-refractivity contribution in [3.63, 3.8) is 0 Å². The largest absolute Gasteiger partial charge is 0.335 e. The van der Waals surface area contributed by atoms with Gasteiger partial charge in [0, 0.05) is 23.4 Å². The van der Waals surface area contributed by atoms with Crippen molar-refractivity contribution in [2.24, 2.45) is 0 Å². The number of aromatic amines is 2. The molecule has 2 amide bonds. The van der Waals surface area contributed by atoms with Crippen LogP contribution in [0.2, 0.25) is 0 Å². The number of H-pyrrole nitrogens is 2. The number of nitrogens with zero attached hydrogens (tertiary/aromatic N) is 3. The topological polar surface area (TPSA) is 119 Å². The van der Waals surface area contributed by atoms with Gasteiger partial charge in [0.2, 0.25) is 5.95 Å². The molecule has 1 aliphatic heterocycles. The summed E-state index contributed by atoms with van der Waals surface area (Å²) in [6, 6.07) is 17.5. The van der Waals surface area contributed by atoms with Gasteiger partial charge in [-0.3, -0.25) is 10.1 Å². The quantitative estimate of drug-likeness (QED) is 0.271. The van der Waals surface area contributed by atoms with Gasteiger partial charge in [-0.25, -0.2) is 19.3 Å². The Bertz CT molecular complexity index is 1740. The first kappa shape index (κ1) is 24.7. The highest BCUT2D eigenvalue weighted by atomic mass is 19.1. The van der Waals surface area contributed by atoms with Crippen LogP contribution in [0, 0.1) is 5.82 Å². The number of anilines is 1. The molecule has 0 unspecified atom stereocenters. The molecule has 0 atom stereocenters. The summed E-state index contributed by atoms with van der Waals surface area (Å²) in [6.45, 7) is 1.90. The molecule has 10 heteroatoms. The number of imidazole rings is 1. The van der Waals surface area contributed by atoms with E-state index < -0.39 is 0 Å². The van der Waals surface area contributed by atoms with Crippen molar-refractivity contribution in [3.8, 4) is 11.1 Å². The van der Waals surface area contributed by atoms with Crippen molar-refractivity contribution >= 4 is 33.8 Å². The van der Waals surface area contributed by atoms with Gasteiger partial charge in [0.1, 0.15) is 5.82 Å². The van der Waals surface area contributed by atoms with Gasteiger partial charge in [0.25, 0.3) is 5.56 Å². The molecule has 39 heavy (non-hydrogen) atoms. The molecule has 5 aromatic rings. The fourth-order valence-electron chi connectivity index (χ4n) is 5.12. The van der Waals surface area contributed by atoms with E-state index in [2.05, 4.69) is 42.7 Å². The Labute approximate surface area is 223 Å². The third-order valence-electron chi connectivity index (χ3n) is 7.26. The Hall–Kier alpha value is -4.57. The lowest BCUT2D eigenvalue weighted by Gasteiger charge is -2.29. The molecule has 1 aliphatic rings. The van der Waals surface area contributed by atoms with Gasteiger partial charge < -0.3 is 15.2 Å². The van der Waals surface area contributed by atoms with Crippen LogP contribution in [0.5, 0.6) is 0 Å². The number of piperidine rings is 1. The minimum Gasteiger partial charge on any atom is -0.335 e. The second kappa shape index (κ2) is 10.3. The number of aromatic nitrogens is 4. The number of benzene rings is 3. The molecule has 0 aliphatic carbocycles. The Kier molecular flexibility index (Phi) is 6.54. The number of amides is 2. The molecule has 3 heterocycles. The van der Waals surface area contributed by atoms with Gasteiger partial charge in [-0.2, -0.15) is 5.10 Å². The lowest BCUT2D eigenvalue weighted by atomic mass is 9.98. The molecule has 0 radical (unpaired) electrons. The van der Waals surface area contributed by atoms with Gasteiger partial charge in [0.15, 0.2) is 0 Å². The fraction of sp³-hybridized carbons (Fsp3) is 0.241. The standard InChI is InChI=1S/C29H28FN7O2/c1-37-12-10-19(11-13-37)31-29(39)34-28-32-24-9-7-18(16-26(24)33-28)22-14-17(6-8-23(22)30)15-25-20-4-2-3-5-21(20)27(38)36-35-25/h2-9,14,16,19H,10-13,15H2,1H3,(H,36,38)(H3,31,32,33,34,39). The number of carbonyl (C=O) groups excluding carboxylic acids is 1. The molecule has 0 saturated carbocycles. The highest BCUT2D eigenvalue weighted by Crippen LogP contribution is 2.28. The molecule has 4 N–H and O–H groups in total. The molecule has 9 nitrogen and oxygen atoms in total. The summed E-state index contributed by atoms with van der Waals surface area (Å²) in [5.41, 5.74) is 3.78. The summed E-state index contributed by atoms with van der Waals surface area (Å²) >= 11 is 0. The van der Waals surface area contributed by atoms with Crippen molar-refractivity contribution in [2.75, 3.05) is 25.5 Å². The third-order valence-corrected chi connectivity index (χ3v) is 7.26. The molecule has 1 fully saturated rings. The summed E-state index contributed by atoms with van der Waals surface area (Å²) in [6.07, 6.45) is 2.25. The second-order valence-corrected chi connectivity index (χ2v) is 10.0. The molecule has 1 saturated heterocycles. The maximum atomic E-state index is 15.0. The zero-order valence-corrected chi connectivity index (χ0v) is 21.4. The van der Waals surface area contributed by atoms with E-state index in [0.29, 0.717) is 45.6 Å². The number of likely N-dealkylation sites (tertiary alicyclic amines) is 1. The normalized spacial score (nSPS) is 14.6. The van der Waals surface area contributed by atoms with Crippen molar-refractivity contribution in [1.29, 1.82) is 0 Å². The second-order valence-electron chi connectivity index (χ2n) is 10.0. The van der Waals surface area contributed by atoms with Gasteiger partial charge in [-0.15, -0.1) is 0 Å². The van der Waals surface area contributed by atoms with Gasteiger partial charge >= 0.3 is 6.03 Å². The number of hydrogen-bond acceptors (Lipinski definition) is 5. The minimum absolute atomic E-state index is 0.136. The van der Waals surface area contributed by atoms with E-state index in [1.807, 2.05) is 24.3 Å². The van der Waals surface area contributed by atoms with E-state index in [-0.39, 0.29) is 23.4 Å². The Morgan fingerprint density at radius 2 is 1.87 bits per heavy atom. The van der Waals surface area contributed by atoms with Crippen molar-refractivity contribution < 1.29 is 9.18 Å². The number of hydrogen-bond donors (Lipinski definition) is 4. The lowest BCUT2D eigenvalue weighted by molar-refractivity contribution is 0.221. The summed E-state index contributed by atoms with van der Waals surface area (Å²) < 4.78 is 15.0. The summed E-state index contributed by atoms with van der Waals surface area (Å²) in [5, 5.41) is 13.9. The zero-order chi connectivity index (χ0) is 26.9. The fourth-order valence-corrected chi connectivity index (χ4v) is 5.12. The van der Waals surface area contributed by atoms with Crippen LogP contribution in [0.1, 0.15) is 24.1 Å². The highest BCUT2D eigenvalue weighted by molar-refractivity contribution is 5.91. The van der Waals surface area contributed by atoms with Crippen molar-refractivity contribution in [2.45, 2.75) is 25.3 Å². The van der Waals surface area contributed by atoms with Gasteiger partial charge in [0.05, 0.1) is 22.1 Å². The highest BCUT2D eigenvalue weighted by Gasteiger charge is 2.19. The molecule has 2 aromatic heterocycles. The van der Waals surface area contributed by atoms with E-state index in [4.69, 9.17) is 0 Å². The summed E-state index contributed by atoms with van der Waals surface area (Å²) in [4.78, 5) is 34.4. The first-order valence-electron chi connectivity index (χ1n) is 12.9. The first-order valence-corrected chi connectivity index (χ1v) is 12.9. The number of carbonyl (C=O) groups is 1. The van der Waals surface area contributed by atoms with Crippen LogP contribution in [-0.2, 0) is 6.42 Å². The predicted octanol–water partition coefficient (Wildman–Crippen LogP) is 4.41. The third kappa shape index (κ3) is 5.23. The van der Waals surface area contributed by atoms with Crippen LogP contribution in [0.25, 0.3) is 32.9 Å².